The molecule has 0 aliphatic rings. The molecule has 0 fully saturated rings. The van der Waals surface area contributed by atoms with Crippen molar-refractivity contribution in [3.05, 3.63) is 58.7 Å². The van der Waals surface area contributed by atoms with Gasteiger partial charge in [-0.3, -0.25) is 0 Å². The van der Waals surface area contributed by atoms with Gasteiger partial charge in [-0.05, 0) is 0 Å². The normalized spacial score (nSPS) is 8.38. The fourth-order valence-corrected chi connectivity index (χ4v) is 1.65. The van der Waals surface area contributed by atoms with Crippen molar-refractivity contribution in [2.24, 2.45) is 0 Å². The minimum absolute atomic E-state index is 0. The van der Waals surface area contributed by atoms with Gasteiger partial charge >= 0.3 is 21.1 Å². The monoisotopic (exact) mass is 459 g/mol. The maximum Gasteiger partial charge on any atom is 4.00 e. The van der Waals surface area contributed by atoms with E-state index in [4.69, 9.17) is 9.59 Å². The van der Waals surface area contributed by atoms with Gasteiger partial charge in [0.2, 0.25) is 0 Å². The predicted molar refractivity (Wildman–Crippen MR) is 79.9 cm³/mol. The minimum atomic E-state index is 0. The fourth-order valence-electron chi connectivity index (χ4n) is 1.65. The van der Waals surface area contributed by atoms with Crippen LogP contribution in [-0.2, 0) is 30.7 Å². The molecule has 2 rings (SSSR count). The maximum atomic E-state index is 7.50. The third-order valence-electron chi connectivity index (χ3n) is 3.14. The van der Waals surface area contributed by atoms with Gasteiger partial charge in [0.05, 0.1) is 0 Å². The van der Waals surface area contributed by atoms with Gasteiger partial charge in [-0.15, -0.1) is 22.3 Å². The molecule has 0 aliphatic carbocycles. The average molecular weight is 459 g/mol. The average Bonchev–Trinajstić information content (AvgIpc) is 2.49. The number of aryl methyl sites for hydroxylation is 4. The van der Waals surface area contributed by atoms with Crippen LogP contribution in [0.25, 0.3) is 11.1 Å². The Morgan fingerprint density at radius 3 is 1.19 bits per heavy atom. The maximum absolute atomic E-state index is 7.50. The number of hydrogen-bond acceptors (Lipinski definition) is 2. The van der Waals surface area contributed by atoms with Gasteiger partial charge < -0.3 is 23.2 Å². The molecule has 3 heteroatoms. The molecule has 0 N–H and O–H groups in total. The van der Waals surface area contributed by atoms with Crippen molar-refractivity contribution in [2.75, 3.05) is 0 Å². The Labute approximate surface area is 141 Å². The van der Waals surface area contributed by atoms with Crippen LogP contribution in [0.1, 0.15) is 22.3 Å². The molecule has 2 nitrogen and oxygen atoms in total. The van der Waals surface area contributed by atoms with Gasteiger partial charge in [0.15, 0.2) is 0 Å². The molecule has 0 saturated heterocycles. The molecule has 2 aromatic rings. The number of carbonyl (C=O) groups excluding carboxylic acids is 2. The quantitative estimate of drug-likeness (QED) is 0.613. The molecule has 110 valence electrons. The van der Waals surface area contributed by atoms with Gasteiger partial charge in [-0.1, -0.05) is 27.7 Å². The van der Waals surface area contributed by atoms with Crippen LogP contribution in [0.3, 0.4) is 0 Å². The smallest absolute Gasteiger partial charge is 0.573 e. The third kappa shape index (κ3) is 6.18. The van der Waals surface area contributed by atoms with Crippen molar-refractivity contribution in [2.45, 2.75) is 27.7 Å². The molecule has 0 aliphatic heterocycles. The Kier molecular flexibility index (Phi) is 11.6. The molecule has 0 unspecified atom stereocenters. The van der Waals surface area contributed by atoms with E-state index in [0.29, 0.717) is 0 Å². The van der Waals surface area contributed by atoms with Crippen LogP contribution in [0.2, 0.25) is 0 Å². The van der Waals surface area contributed by atoms with Gasteiger partial charge in [0, 0.05) is 0 Å². The third-order valence-corrected chi connectivity index (χ3v) is 3.14. The van der Waals surface area contributed by atoms with Gasteiger partial charge in [0.1, 0.15) is 0 Å². The standard InChI is InChI=1S/C16H16.2CO.Pt/c1-11-5-7-15(9-13(11)3)16-8-6-12(2)14(4)10-16;2*1-2;/h5-6,9-10H,1-4H3;;;/q-2;2*-1;+4. The summed E-state index contributed by atoms with van der Waals surface area (Å²) in [7, 11) is 0. The second-order valence-electron chi connectivity index (χ2n) is 4.43. The molecule has 2 aromatic carbocycles. The van der Waals surface area contributed by atoms with Gasteiger partial charge in [0.25, 0.3) is 0 Å². The zero-order valence-electron chi connectivity index (χ0n) is 12.4. The van der Waals surface area contributed by atoms with E-state index >= 15 is 0 Å². The largest absolute Gasteiger partial charge is 4.00 e. The second kappa shape index (κ2) is 11.2. The van der Waals surface area contributed by atoms with Crippen LogP contribution >= 0.6 is 0 Å². The summed E-state index contributed by atoms with van der Waals surface area (Å²) >= 11 is 0. The summed E-state index contributed by atoms with van der Waals surface area (Å²) in [4.78, 5) is 15.0. The Hall–Kier alpha value is -1.53. The fraction of sp³-hybridized carbons (Fsp3) is 0.222. The zero-order valence-corrected chi connectivity index (χ0v) is 14.7. The second-order valence-corrected chi connectivity index (χ2v) is 4.43. The molecule has 0 aromatic heterocycles. The summed E-state index contributed by atoms with van der Waals surface area (Å²) in [5.74, 6) is 0. The van der Waals surface area contributed by atoms with Crippen molar-refractivity contribution >= 4 is 13.6 Å². The van der Waals surface area contributed by atoms with Gasteiger partial charge in [-0.2, -0.15) is 36.4 Å². The zero-order chi connectivity index (χ0) is 15.7. The summed E-state index contributed by atoms with van der Waals surface area (Å²) in [6.45, 7) is 17.5. The van der Waals surface area contributed by atoms with Crippen molar-refractivity contribution in [3.63, 3.8) is 0 Å². The topological polar surface area (TPSA) is 34.1 Å². The number of rotatable bonds is 1. The molecule has 0 saturated carbocycles. The van der Waals surface area contributed by atoms with E-state index in [1.165, 1.54) is 22.3 Å². The van der Waals surface area contributed by atoms with E-state index < -0.39 is 0 Å². The predicted octanol–water partition coefficient (Wildman–Crippen LogP) is 3.39. The first kappa shape index (κ1) is 21.8. The SMILES string of the molecule is Cc1c[c-]c(-c2[c-]cc(C)c(C)c2)cc1C.[C-]=O.[C-]=O.[Pt+4]. The van der Waals surface area contributed by atoms with E-state index in [1.807, 2.05) is 12.1 Å². The first-order chi connectivity index (χ1) is 9.58. The van der Waals surface area contributed by atoms with Crippen LogP contribution in [-0.4, -0.2) is 13.6 Å². The summed E-state index contributed by atoms with van der Waals surface area (Å²) in [5.41, 5.74) is 7.44. The summed E-state index contributed by atoms with van der Waals surface area (Å²) < 4.78 is 0. The van der Waals surface area contributed by atoms with E-state index in [2.05, 4.69) is 65.5 Å². The summed E-state index contributed by atoms with van der Waals surface area (Å²) in [6.07, 6.45) is 0. The molecule has 0 bridgehead atoms. The first-order valence-electron chi connectivity index (χ1n) is 5.97. The molecule has 2 radical (unpaired) electrons. The van der Waals surface area contributed by atoms with Crippen LogP contribution in [0.4, 0.5) is 0 Å². The summed E-state index contributed by atoms with van der Waals surface area (Å²) in [5, 5.41) is 0. The van der Waals surface area contributed by atoms with Gasteiger partial charge in [-0.25, -0.2) is 11.1 Å². The molecule has 0 spiro atoms. The molecule has 0 atom stereocenters. The van der Waals surface area contributed by atoms with Crippen LogP contribution in [0, 0.1) is 39.8 Å². The van der Waals surface area contributed by atoms with Crippen molar-refractivity contribution in [1.82, 2.24) is 0 Å². The van der Waals surface area contributed by atoms with E-state index in [9.17, 15) is 0 Å². The van der Waals surface area contributed by atoms with Crippen LogP contribution in [0.15, 0.2) is 24.3 Å². The van der Waals surface area contributed by atoms with Crippen molar-refractivity contribution in [3.8, 4) is 11.1 Å². The summed E-state index contributed by atoms with van der Waals surface area (Å²) in [6, 6.07) is 15.1. The minimum Gasteiger partial charge on any atom is -0.573 e. The Balaban J connectivity index is 0. The Morgan fingerprint density at radius 1 is 0.667 bits per heavy atom. The molecular formula is C18H16O2Pt. The van der Waals surface area contributed by atoms with E-state index in [-0.39, 0.29) is 21.1 Å². The molecule has 0 heterocycles. The van der Waals surface area contributed by atoms with Crippen LogP contribution in [0.5, 0.6) is 0 Å². The first-order valence-corrected chi connectivity index (χ1v) is 5.97. The van der Waals surface area contributed by atoms with Crippen LogP contribution < -0.4 is 0 Å². The van der Waals surface area contributed by atoms with E-state index in [0.717, 1.165) is 11.1 Å². The Bertz CT molecular complexity index is 514. The van der Waals surface area contributed by atoms with Crippen molar-refractivity contribution in [1.29, 1.82) is 0 Å². The molecule has 0 amide bonds. The molecular weight excluding hydrogens is 443 g/mol. The number of benzene rings is 2. The van der Waals surface area contributed by atoms with E-state index in [1.54, 1.807) is 0 Å². The molecule has 21 heavy (non-hydrogen) atoms. The Morgan fingerprint density at radius 2 is 0.952 bits per heavy atom. The van der Waals surface area contributed by atoms with Crippen molar-refractivity contribution < 1.29 is 30.7 Å². The number of hydrogen-bond donors (Lipinski definition) is 0.